The first-order valence-corrected chi connectivity index (χ1v) is 11.3. The molecule has 2 N–H and O–H groups in total. The predicted molar refractivity (Wildman–Crippen MR) is 124 cm³/mol. The van der Waals surface area contributed by atoms with Crippen LogP contribution in [-0.4, -0.2) is 41.6 Å². The van der Waals surface area contributed by atoms with Gasteiger partial charge < -0.3 is 4.98 Å². The molecule has 0 aliphatic rings. The SMILES string of the molecule is O=C(CSc1nc2c(cnn2-c2ccccc2)c(=O)[nH]1)Nc1nnc(-c2ccccc2)s1. The van der Waals surface area contributed by atoms with Gasteiger partial charge in [0.1, 0.15) is 10.4 Å². The van der Waals surface area contributed by atoms with E-state index in [1.807, 2.05) is 60.7 Å². The summed E-state index contributed by atoms with van der Waals surface area (Å²) in [6.45, 7) is 0. The lowest BCUT2D eigenvalue weighted by molar-refractivity contribution is -0.113. The average molecular weight is 462 g/mol. The van der Waals surface area contributed by atoms with Crippen molar-refractivity contribution in [3.63, 3.8) is 0 Å². The summed E-state index contributed by atoms with van der Waals surface area (Å²) >= 11 is 2.42. The topological polar surface area (TPSA) is 118 Å². The van der Waals surface area contributed by atoms with Crippen LogP contribution < -0.4 is 10.9 Å². The number of amides is 1. The minimum atomic E-state index is -0.309. The number of benzene rings is 2. The molecule has 2 aromatic carbocycles. The standard InChI is InChI=1S/C21H15N7O2S2/c29-16(23-21-27-26-19(32-21)13-7-3-1-4-8-13)12-31-20-24-17-15(18(30)25-20)11-22-28(17)14-9-5-2-6-10-14/h1-11H,12H2,(H,23,27,29)(H,24,25,30). The zero-order valence-electron chi connectivity index (χ0n) is 16.4. The van der Waals surface area contributed by atoms with Gasteiger partial charge in [0.15, 0.2) is 10.8 Å². The molecular formula is C21H15N7O2S2. The first-order chi connectivity index (χ1) is 15.7. The van der Waals surface area contributed by atoms with E-state index in [1.165, 1.54) is 17.5 Å². The molecule has 0 radical (unpaired) electrons. The third-order valence-electron chi connectivity index (χ3n) is 4.45. The number of aromatic nitrogens is 6. The molecule has 5 rings (SSSR count). The van der Waals surface area contributed by atoms with Gasteiger partial charge in [-0.1, -0.05) is 71.6 Å². The number of hydrogen-bond acceptors (Lipinski definition) is 8. The maximum Gasteiger partial charge on any atom is 0.262 e. The van der Waals surface area contributed by atoms with E-state index >= 15 is 0 Å². The number of carbonyl (C=O) groups excluding carboxylic acids is 1. The van der Waals surface area contributed by atoms with Gasteiger partial charge in [-0.05, 0) is 12.1 Å². The van der Waals surface area contributed by atoms with Gasteiger partial charge in [-0.25, -0.2) is 9.67 Å². The Bertz CT molecular complexity index is 1450. The highest BCUT2D eigenvalue weighted by Crippen LogP contribution is 2.26. The lowest BCUT2D eigenvalue weighted by Gasteiger charge is -2.04. The van der Waals surface area contributed by atoms with Crippen LogP contribution in [-0.2, 0) is 4.79 Å². The number of hydrogen-bond donors (Lipinski definition) is 2. The van der Waals surface area contributed by atoms with Crippen molar-refractivity contribution < 1.29 is 4.79 Å². The zero-order valence-corrected chi connectivity index (χ0v) is 18.1. The normalized spacial score (nSPS) is 11.0. The molecule has 11 heteroatoms. The Morgan fingerprint density at radius 1 is 1.06 bits per heavy atom. The van der Waals surface area contributed by atoms with Crippen LogP contribution in [0.3, 0.4) is 0 Å². The van der Waals surface area contributed by atoms with E-state index in [4.69, 9.17) is 0 Å². The quantitative estimate of drug-likeness (QED) is 0.294. The van der Waals surface area contributed by atoms with E-state index in [0.29, 0.717) is 21.3 Å². The lowest BCUT2D eigenvalue weighted by atomic mass is 10.2. The van der Waals surface area contributed by atoms with Gasteiger partial charge in [0.05, 0.1) is 17.6 Å². The van der Waals surface area contributed by atoms with Gasteiger partial charge in [0.2, 0.25) is 11.0 Å². The number of H-pyrrole nitrogens is 1. The molecule has 1 amide bonds. The molecule has 0 fully saturated rings. The Morgan fingerprint density at radius 2 is 1.81 bits per heavy atom. The Kier molecular flexibility index (Phi) is 5.48. The number of nitrogens with zero attached hydrogens (tertiary/aromatic N) is 5. The fourth-order valence-corrected chi connectivity index (χ4v) is 4.41. The summed E-state index contributed by atoms with van der Waals surface area (Å²) in [4.78, 5) is 32.0. The van der Waals surface area contributed by atoms with Gasteiger partial charge in [0.25, 0.3) is 5.56 Å². The summed E-state index contributed by atoms with van der Waals surface area (Å²) < 4.78 is 1.60. The molecule has 158 valence electrons. The van der Waals surface area contributed by atoms with Gasteiger partial charge >= 0.3 is 0 Å². The molecule has 3 heterocycles. The first-order valence-electron chi connectivity index (χ1n) is 9.52. The van der Waals surface area contributed by atoms with E-state index in [-0.39, 0.29) is 17.2 Å². The second kappa shape index (κ2) is 8.73. The van der Waals surface area contributed by atoms with E-state index in [9.17, 15) is 9.59 Å². The highest BCUT2D eigenvalue weighted by molar-refractivity contribution is 7.99. The van der Waals surface area contributed by atoms with Crippen LogP contribution in [0.4, 0.5) is 5.13 Å². The molecule has 0 saturated carbocycles. The summed E-state index contributed by atoms with van der Waals surface area (Å²) in [6, 6.07) is 19.0. The fraction of sp³-hybridized carbons (Fsp3) is 0.0476. The zero-order chi connectivity index (χ0) is 21.9. The van der Waals surface area contributed by atoms with Crippen molar-refractivity contribution in [2.24, 2.45) is 0 Å². The Labute approximate surface area is 189 Å². The van der Waals surface area contributed by atoms with Crippen molar-refractivity contribution in [2.75, 3.05) is 11.1 Å². The van der Waals surface area contributed by atoms with Crippen molar-refractivity contribution >= 4 is 45.2 Å². The maximum atomic E-state index is 12.4. The van der Waals surface area contributed by atoms with Crippen LogP contribution in [0.25, 0.3) is 27.3 Å². The van der Waals surface area contributed by atoms with Crippen LogP contribution in [0.5, 0.6) is 0 Å². The molecule has 9 nitrogen and oxygen atoms in total. The molecule has 0 aliphatic heterocycles. The van der Waals surface area contributed by atoms with Crippen LogP contribution in [0.1, 0.15) is 0 Å². The predicted octanol–water partition coefficient (Wildman–Crippen LogP) is 3.36. The second-order valence-corrected chi connectivity index (χ2v) is 8.56. The monoisotopic (exact) mass is 461 g/mol. The Balaban J connectivity index is 1.29. The van der Waals surface area contributed by atoms with E-state index in [1.54, 1.807) is 4.68 Å². The van der Waals surface area contributed by atoms with Crippen molar-refractivity contribution in [2.45, 2.75) is 5.16 Å². The van der Waals surface area contributed by atoms with E-state index in [0.717, 1.165) is 28.0 Å². The van der Waals surface area contributed by atoms with Crippen LogP contribution >= 0.6 is 23.1 Å². The molecule has 3 aromatic heterocycles. The molecule has 5 aromatic rings. The van der Waals surface area contributed by atoms with Crippen LogP contribution in [0.2, 0.25) is 0 Å². The third-order valence-corrected chi connectivity index (χ3v) is 6.21. The summed E-state index contributed by atoms with van der Waals surface area (Å²) in [5, 5.41) is 17.0. The summed E-state index contributed by atoms with van der Waals surface area (Å²) in [5.74, 6) is -0.223. The molecule has 0 saturated heterocycles. The summed E-state index contributed by atoms with van der Waals surface area (Å²) in [7, 11) is 0. The summed E-state index contributed by atoms with van der Waals surface area (Å²) in [6.07, 6.45) is 1.48. The number of para-hydroxylation sites is 1. The summed E-state index contributed by atoms with van der Waals surface area (Å²) in [5.41, 5.74) is 1.85. The van der Waals surface area contributed by atoms with Crippen molar-refractivity contribution in [1.82, 2.24) is 29.9 Å². The second-order valence-electron chi connectivity index (χ2n) is 6.62. The fourth-order valence-electron chi connectivity index (χ4n) is 2.99. The van der Waals surface area contributed by atoms with Crippen LogP contribution in [0.15, 0.2) is 76.8 Å². The molecule has 0 spiro atoms. The molecule has 0 unspecified atom stereocenters. The van der Waals surface area contributed by atoms with Gasteiger partial charge in [0, 0.05) is 5.56 Å². The minimum Gasteiger partial charge on any atom is -0.301 e. The number of rotatable bonds is 6. The van der Waals surface area contributed by atoms with Crippen molar-refractivity contribution in [1.29, 1.82) is 0 Å². The van der Waals surface area contributed by atoms with Gasteiger partial charge in [-0.3, -0.25) is 14.9 Å². The highest BCUT2D eigenvalue weighted by Gasteiger charge is 2.14. The van der Waals surface area contributed by atoms with E-state index in [2.05, 4.69) is 30.6 Å². The number of thioether (sulfide) groups is 1. The number of anilines is 1. The number of aromatic amines is 1. The average Bonchev–Trinajstić information content (AvgIpc) is 3.46. The van der Waals surface area contributed by atoms with Gasteiger partial charge in [-0.15, -0.1) is 10.2 Å². The van der Waals surface area contributed by atoms with Crippen molar-refractivity contribution in [3.8, 4) is 16.3 Å². The smallest absolute Gasteiger partial charge is 0.262 e. The van der Waals surface area contributed by atoms with Crippen LogP contribution in [0, 0.1) is 0 Å². The number of carbonyl (C=O) groups is 1. The first kappa shape index (κ1) is 20.1. The molecule has 32 heavy (non-hydrogen) atoms. The highest BCUT2D eigenvalue weighted by atomic mass is 32.2. The molecule has 0 atom stereocenters. The Morgan fingerprint density at radius 3 is 2.59 bits per heavy atom. The minimum absolute atomic E-state index is 0.0498. The molecule has 0 bridgehead atoms. The van der Waals surface area contributed by atoms with E-state index < -0.39 is 0 Å². The lowest BCUT2D eigenvalue weighted by Crippen LogP contribution is -2.15. The molecule has 0 aliphatic carbocycles. The number of fused-ring (bicyclic) bond motifs is 1. The largest absolute Gasteiger partial charge is 0.301 e. The maximum absolute atomic E-state index is 12.4. The Hall–Kier alpha value is -3.83. The van der Waals surface area contributed by atoms with Gasteiger partial charge in [-0.2, -0.15) is 5.10 Å². The van der Waals surface area contributed by atoms with Crippen molar-refractivity contribution in [3.05, 3.63) is 77.2 Å². The third kappa shape index (κ3) is 4.15. The number of nitrogens with one attached hydrogen (secondary N) is 2. The molecular weight excluding hydrogens is 446 g/mol.